The molecule has 1 saturated heterocycles. The van der Waals surface area contributed by atoms with Gasteiger partial charge in [-0.25, -0.2) is 17.6 Å². The Kier molecular flexibility index (Phi) is 6.40. The molecule has 2 heterocycles. The molecule has 8 nitrogen and oxygen atoms in total. The van der Waals surface area contributed by atoms with Crippen LogP contribution in [0.5, 0.6) is 0 Å². The molecule has 1 N–H and O–H groups in total. The van der Waals surface area contributed by atoms with Crippen molar-refractivity contribution < 1.29 is 17.6 Å². The Morgan fingerprint density at radius 3 is 2.64 bits per heavy atom. The number of sulfone groups is 1. The third-order valence-electron chi connectivity index (χ3n) is 5.64. The Hall–Kier alpha value is -2.98. The van der Waals surface area contributed by atoms with Crippen LogP contribution in [0, 0.1) is 12.7 Å². The smallest absolute Gasteiger partial charge is 0.314 e. The van der Waals surface area contributed by atoms with Crippen molar-refractivity contribution in [1.29, 1.82) is 0 Å². The molecule has 1 aliphatic rings. The topological polar surface area (TPSA) is 97.2 Å². The molecular formula is C22H23ClFN5O3S. The van der Waals surface area contributed by atoms with Crippen molar-refractivity contribution >= 4 is 33.2 Å². The fraction of sp³-hybridized carbons (Fsp3) is 0.318. The van der Waals surface area contributed by atoms with Gasteiger partial charge in [-0.3, -0.25) is 0 Å². The van der Waals surface area contributed by atoms with E-state index in [1.54, 1.807) is 4.90 Å². The van der Waals surface area contributed by atoms with E-state index in [0.29, 0.717) is 36.2 Å². The number of amides is 2. The SMILES string of the molecule is Cc1nnc([C@H]2CCCN2C(=O)Nc2cc(S(C)(=O)=O)ccc2F)n1Cc1ccc(Cl)cc1. The predicted molar refractivity (Wildman–Crippen MR) is 123 cm³/mol. The van der Waals surface area contributed by atoms with Crippen LogP contribution in [-0.2, 0) is 16.4 Å². The molecule has 1 atom stereocenters. The Morgan fingerprint density at radius 2 is 1.94 bits per heavy atom. The second kappa shape index (κ2) is 9.11. The maximum Gasteiger partial charge on any atom is 0.322 e. The zero-order chi connectivity index (χ0) is 23.8. The third kappa shape index (κ3) is 5.01. The molecule has 1 aromatic heterocycles. The minimum atomic E-state index is -3.55. The number of carbonyl (C=O) groups excluding carboxylic acids is 1. The molecule has 33 heavy (non-hydrogen) atoms. The van der Waals surface area contributed by atoms with Crippen molar-refractivity contribution in [3.8, 4) is 0 Å². The first-order valence-corrected chi connectivity index (χ1v) is 12.6. The lowest BCUT2D eigenvalue weighted by molar-refractivity contribution is 0.203. The van der Waals surface area contributed by atoms with Gasteiger partial charge >= 0.3 is 6.03 Å². The quantitative estimate of drug-likeness (QED) is 0.539. The highest BCUT2D eigenvalue weighted by atomic mass is 35.5. The summed E-state index contributed by atoms with van der Waals surface area (Å²) in [5, 5.41) is 11.7. The highest BCUT2D eigenvalue weighted by molar-refractivity contribution is 7.90. The summed E-state index contributed by atoms with van der Waals surface area (Å²) in [4.78, 5) is 14.6. The van der Waals surface area contributed by atoms with Crippen molar-refractivity contribution in [2.75, 3.05) is 18.1 Å². The molecule has 0 saturated carbocycles. The van der Waals surface area contributed by atoms with Crippen LogP contribution in [0.3, 0.4) is 0 Å². The van der Waals surface area contributed by atoms with Gasteiger partial charge in [-0.2, -0.15) is 0 Å². The Morgan fingerprint density at radius 1 is 1.21 bits per heavy atom. The number of aryl methyl sites for hydroxylation is 1. The number of urea groups is 1. The van der Waals surface area contributed by atoms with Crippen molar-refractivity contribution in [2.45, 2.75) is 37.2 Å². The number of carbonyl (C=O) groups is 1. The minimum absolute atomic E-state index is 0.0736. The van der Waals surface area contributed by atoms with Crippen LogP contribution in [0.25, 0.3) is 0 Å². The highest BCUT2D eigenvalue weighted by Gasteiger charge is 2.34. The number of benzene rings is 2. The molecule has 1 aliphatic heterocycles. The lowest BCUT2D eigenvalue weighted by Gasteiger charge is -2.25. The normalized spacial score (nSPS) is 16.2. The van der Waals surface area contributed by atoms with Crippen molar-refractivity contribution in [3.63, 3.8) is 0 Å². The average molecular weight is 492 g/mol. The van der Waals surface area contributed by atoms with E-state index in [1.807, 2.05) is 35.8 Å². The summed E-state index contributed by atoms with van der Waals surface area (Å²) in [7, 11) is -3.55. The van der Waals surface area contributed by atoms with Crippen LogP contribution in [-0.4, -0.2) is 46.9 Å². The van der Waals surface area contributed by atoms with Crippen LogP contribution >= 0.6 is 11.6 Å². The van der Waals surface area contributed by atoms with E-state index >= 15 is 0 Å². The third-order valence-corrected chi connectivity index (χ3v) is 7.00. The first-order chi connectivity index (χ1) is 15.6. The summed E-state index contributed by atoms with van der Waals surface area (Å²) >= 11 is 5.98. The lowest BCUT2D eigenvalue weighted by Crippen LogP contribution is -2.36. The van der Waals surface area contributed by atoms with E-state index in [-0.39, 0.29) is 16.6 Å². The van der Waals surface area contributed by atoms with E-state index < -0.39 is 21.7 Å². The molecule has 174 valence electrons. The fourth-order valence-corrected chi connectivity index (χ4v) is 4.68. The maximum atomic E-state index is 14.3. The molecule has 0 unspecified atom stereocenters. The van der Waals surface area contributed by atoms with Crippen LogP contribution < -0.4 is 5.32 Å². The zero-order valence-corrected chi connectivity index (χ0v) is 19.7. The van der Waals surface area contributed by atoms with Gasteiger partial charge in [0.1, 0.15) is 11.6 Å². The van der Waals surface area contributed by atoms with Crippen LogP contribution in [0.1, 0.15) is 36.1 Å². The molecule has 0 aliphatic carbocycles. The van der Waals surface area contributed by atoms with Gasteiger partial charge in [-0.1, -0.05) is 23.7 Å². The fourth-order valence-electron chi connectivity index (χ4n) is 3.91. The molecule has 3 aromatic rings. The number of anilines is 1. The van der Waals surface area contributed by atoms with Gasteiger partial charge in [0.2, 0.25) is 0 Å². The van der Waals surface area contributed by atoms with E-state index in [2.05, 4.69) is 15.5 Å². The van der Waals surface area contributed by atoms with Gasteiger partial charge in [0, 0.05) is 17.8 Å². The van der Waals surface area contributed by atoms with Crippen LogP contribution in [0.4, 0.5) is 14.9 Å². The minimum Gasteiger partial charge on any atom is -0.314 e. The van der Waals surface area contributed by atoms with Gasteiger partial charge in [0.25, 0.3) is 0 Å². The number of rotatable bonds is 5. The Bertz CT molecular complexity index is 1290. The van der Waals surface area contributed by atoms with E-state index in [1.165, 1.54) is 6.07 Å². The molecule has 11 heteroatoms. The van der Waals surface area contributed by atoms with Gasteiger partial charge in [0.15, 0.2) is 15.7 Å². The summed E-state index contributed by atoms with van der Waals surface area (Å²) < 4.78 is 39.9. The standard InChI is InChI=1S/C22H23ClFN5O3S/c1-14-26-27-21(29(14)13-15-5-7-16(23)8-6-15)20-4-3-11-28(20)22(30)25-19-12-17(33(2,31)32)9-10-18(19)24/h5-10,12,20H,3-4,11,13H2,1-2H3,(H,25,30)/t20-/m1/s1. The first-order valence-electron chi connectivity index (χ1n) is 10.3. The Labute approximate surface area is 196 Å². The van der Waals surface area contributed by atoms with E-state index in [0.717, 1.165) is 30.4 Å². The molecule has 1 fully saturated rings. The summed E-state index contributed by atoms with van der Waals surface area (Å²) in [5.74, 6) is 0.632. The molecule has 2 amide bonds. The van der Waals surface area contributed by atoms with Gasteiger partial charge < -0.3 is 14.8 Å². The second-order valence-electron chi connectivity index (χ2n) is 8.01. The lowest BCUT2D eigenvalue weighted by atomic mass is 10.2. The number of hydrogen-bond acceptors (Lipinski definition) is 5. The second-order valence-corrected chi connectivity index (χ2v) is 10.5. The zero-order valence-electron chi connectivity index (χ0n) is 18.1. The maximum absolute atomic E-state index is 14.3. The molecule has 0 bridgehead atoms. The summed E-state index contributed by atoms with van der Waals surface area (Å²) in [6, 6.07) is 9.90. The molecule has 4 rings (SSSR count). The van der Waals surface area contributed by atoms with Crippen molar-refractivity contribution in [1.82, 2.24) is 19.7 Å². The average Bonchev–Trinajstić information content (AvgIpc) is 3.37. The summed E-state index contributed by atoms with van der Waals surface area (Å²) in [6.07, 6.45) is 2.45. The number of aromatic nitrogens is 3. The number of halogens is 2. The largest absolute Gasteiger partial charge is 0.322 e. The first kappa shape index (κ1) is 23.2. The van der Waals surface area contributed by atoms with Crippen molar-refractivity contribution in [2.24, 2.45) is 0 Å². The van der Waals surface area contributed by atoms with Crippen LogP contribution in [0.2, 0.25) is 5.02 Å². The van der Waals surface area contributed by atoms with Gasteiger partial charge in [-0.15, -0.1) is 10.2 Å². The molecule has 2 aromatic carbocycles. The molecule has 0 radical (unpaired) electrons. The highest BCUT2D eigenvalue weighted by Crippen LogP contribution is 2.32. The summed E-state index contributed by atoms with van der Waals surface area (Å²) in [6.45, 7) is 2.82. The van der Waals surface area contributed by atoms with Crippen LogP contribution in [0.15, 0.2) is 47.4 Å². The molecule has 0 spiro atoms. The van der Waals surface area contributed by atoms with E-state index in [9.17, 15) is 17.6 Å². The monoisotopic (exact) mass is 491 g/mol. The van der Waals surface area contributed by atoms with Crippen molar-refractivity contribution in [3.05, 3.63) is 70.5 Å². The van der Waals surface area contributed by atoms with Gasteiger partial charge in [0.05, 0.1) is 23.2 Å². The number of nitrogens with one attached hydrogen (secondary N) is 1. The summed E-state index contributed by atoms with van der Waals surface area (Å²) in [5.41, 5.74) is 0.824. The number of likely N-dealkylation sites (tertiary alicyclic amines) is 1. The van der Waals surface area contributed by atoms with Gasteiger partial charge in [-0.05, 0) is 55.7 Å². The van der Waals surface area contributed by atoms with E-state index in [4.69, 9.17) is 11.6 Å². The Balaban J connectivity index is 1.58. The number of hydrogen-bond donors (Lipinski definition) is 1. The number of nitrogens with zero attached hydrogens (tertiary/aromatic N) is 4. The predicted octanol–water partition coefficient (Wildman–Crippen LogP) is 4.20. The molecular weight excluding hydrogens is 469 g/mol.